The van der Waals surface area contributed by atoms with Crippen LogP contribution in [0.5, 0.6) is 0 Å². The molecule has 2 unspecified atom stereocenters. The molecule has 110 valence electrons. The molecule has 0 aliphatic heterocycles. The van der Waals surface area contributed by atoms with Crippen LogP contribution in [0.2, 0.25) is 0 Å². The zero-order chi connectivity index (χ0) is 14.9. The van der Waals surface area contributed by atoms with Gasteiger partial charge in [0, 0.05) is 12.1 Å². The first-order valence-electron chi connectivity index (χ1n) is 6.98. The Labute approximate surface area is 118 Å². The molecule has 4 nitrogen and oxygen atoms in total. The molecule has 2 rings (SSSR count). The van der Waals surface area contributed by atoms with Gasteiger partial charge < -0.3 is 5.32 Å². The molecule has 0 saturated heterocycles. The van der Waals surface area contributed by atoms with Crippen molar-refractivity contribution >= 4 is 11.4 Å². The summed E-state index contributed by atoms with van der Waals surface area (Å²) in [6.45, 7) is 6.55. The molecule has 1 N–H and O–H groups in total. The van der Waals surface area contributed by atoms with Crippen LogP contribution in [0.25, 0.3) is 0 Å². The molecule has 5 heteroatoms. The van der Waals surface area contributed by atoms with E-state index in [2.05, 4.69) is 26.1 Å². The van der Waals surface area contributed by atoms with E-state index in [1.54, 1.807) is 0 Å². The molecular formula is C15H21FN2O2. The number of hydrogen-bond acceptors (Lipinski definition) is 3. The second-order valence-electron chi connectivity index (χ2n) is 6.65. The summed E-state index contributed by atoms with van der Waals surface area (Å²) >= 11 is 0. The SMILES string of the molecule is CC1CC(Nc2c(F)cccc2[N+](=O)[O-])CC(C)(C)C1. The molecule has 0 spiro atoms. The highest BCUT2D eigenvalue weighted by atomic mass is 19.1. The lowest BCUT2D eigenvalue weighted by Crippen LogP contribution is -2.35. The number of nitro groups is 1. The van der Waals surface area contributed by atoms with Crippen molar-refractivity contribution in [2.45, 2.75) is 46.1 Å². The van der Waals surface area contributed by atoms with E-state index in [0.717, 1.165) is 19.3 Å². The molecule has 0 amide bonds. The highest BCUT2D eigenvalue weighted by molar-refractivity contribution is 5.62. The summed E-state index contributed by atoms with van der Waals surface area (Å²) < 4.78 is 13.9. The van der Waals surface area contributed by atoms with Gasteiger partial charge in [0.2, 0.25) is 0 Å². The van der Waals surface area contributed by atoms with Crippen molar-refractivity contribution in [3.8, 4) is 0 Å². The van der Waals surface area contributed by atoms with Gasteiger partial charge in [-0.2, -0.15) is 0 Å². The maximum Gasteiger partial charge on any atom is 0.295 e. The van der Waals surface area contributed by atoms with Crippen molar-refractivity contribution in [1.82, 2.24) is 0 Å². The van der Waals surface area contributed by atoms with E-state index in [-0.39, 0.29) is 22.8 Å². The van der Waals surface area contributed by atoms with E-state index < -0.39 is 10.7 Å². The largest absolute Gasteiger partial charge is 0.374 e. The Hall–Kier alpha value is -1.65. The van der Waals surface area contributed by atoms with Crippen molar-refractivity contribution in [3.63, 3.8) is 0 Å². The highest BCUT2D eigenvalue weighted by Gasteiger charge is 2.33. The van der Waals surface area contributed by atoms with E-state index in [4.69, 9.17) is 0 Å². The topological polar surface area (TPSA) is 55.2 Å². The molecule has 1 aliphatic rings. The first kappa shape index (κ1) is 14.8. The van der Waals surface area contributed by atoms with Crippen LogP contribution >= 0.6 is 0 Å². The first-order chi connectivity index (χ1) is 9.28. The van der Waals surface area contributed by atoms with Gasteiger partial charge in [0.05, 0.1) is 4.92 Å². The number of halogens is 1. The van der Waals surface area contributed by atoms with Gasteiger partial charge in [0.15, 0.2) is 5.82 Å². The lowest BCUT2D eigenvalue weighted by Gasteiger charge is -2.39. The monoisotopic (exact) mass is 280 g/mol. The van der Waals surface area contributed by atoms with Gasteiger partial charge >= 0.3 is 0 Å². The van der Waals surface area contributed by atoms with Crippen molar-refractivity contribution < 1.29 is 9.31 Å². The van der Waals surface area contributed by atoms with Crippen molar-refractivity contribution in [3.05, 3.63) is 34.1 Å². The number of para-hydroxylation sites is 1. The van der Waals surface area contributed by atoms with E-state index in [1.165, 1.54) is 18.2 Å². The van der Waals surface area contributed by atoms with Gasteiger partial charge in [0.1, 0.15) is 5.69 Å². The summed E-state index contributed by atoms with van der Waals surface area (Å²) in [4.78, 5) is 10.5. The van der Waals surface area contributed by atoms with Gasteiger partial charge in [-0.1, -0.05) is 26.8 Å². The van der Waals surface area contributed by atoms with Crippen molar-refractivity contribution in [2.75, 3.05) is 5.32 Å². The summed E-state index contributed by atoms with van der Waals surface area (Å²) in [5, 5.41) is 14.1. The molecule has 20 heavy (non-hydrogen) atoms. The number of hydrogen-bond donors (Lipinski definition) is 1. The molecular weight excluding hydrogens is 259 g/mol. The fourth-order valence-electron chi connectivity index (χ4n) is 3.47. The average molecular weight is 280 g/mol. The summed E-state index contributed by atoms with van der Waals surface area (Å²) in [5.41, 5.74) is 0.00321. The van der Waals surface area contributed by atoms with Crippen LogP contribution in [0.4, 0.5) is 15.8 Å². The predicted molar refractivity (Wildman–Crippen MR) is 77.3 cm³/mol. The lowest BCUT2D eigenvalue weighted by atomic mass is 9.70. The van der Waals surface area contributed by atoms with E-state index in [0.29, 0.717) is 5.92 Å². The van der Waals surface area contributed by atoms with Gasteiger partial charge in [-0.3, -0.25) is 10.1 Å². The van der Waals surface area contributed by atoms with Crippen LogP contribution in [0, 0.1) is 27.3 Å². The minimum absolute atomic E-state index is 0.0207. The molecule has 1 aromatic rings. The summed E-state index contributed by atoms with van der Waals surface area (Å²) in [7, 11) is 0. The quantitative estimate of drug-likeness (QED) is 0.661. The van der Waals surface area contributed by atoms with Crippen molar-refractivity contribution in [2.24, 2.45) is 11.3 Å². The summed E-state index contributed by atoms with van der Waals surface area (Å²) in [6.07, 6.45) is 2.93. The molecule has 1 saturated carbocycles. The van der Waals surface area contributed by atoms with Crippen LogP contribution in [-0.4, -0.2) is 11.0 Å². The third-order valence-corrected chi connectivity index (χ3v) is 3.92. The Morgan fingerprint density at radius 1 is 1.40 bits per heavy atom. The molecule has 0 bridgehead atoms. The van der Waals surface area contributed by atoms with E-state index in [9.17, 15) is 14.5 Å². The summed E-state index contributed by atoms with van der Waals surface area (Å²) in [5.74, 6) is -0.0303. The minimum Gasteiger partial charge on any atom is -0.374 e. The Morgan fingerprint density at radius 3 is 2.70 bits per heavy atom. The standard InChI is InChI=1S/C15H21FN2O2/c1-10-7-11(9-15(2,3)8-10)17-14-12(16)5-4-6-13(14)18(19)20/h4-6,10-11,17H,7-9H2,1-3H3. The molecule has 1 aromatic carbocycles. The first-order valence-corrected chi connectivity index (χ1v) is 6.98. The van der Waals surface area contributed by atoms with Crippen molar-refractivity contribution in [1.29, 1.82) is 0 Å². The van der Waals surface area contributed by atoms with Crippen LogP contribution in [0.1, 0.15) is 40.0 Å². The minimum atomic E-state index is -0.560. The number of benzene rings is 1. The van der Waals surface area contributed by atoms with Crippen LogP contribution in [0.15, 0.2) is 18.2 Å². The summed E-state index contributed by atoms with van der Waals surface area (Å²) in [6, 6.07) is 4.03. The second-order valence-corrected chi connectivity index (χ2v) is 6.65. The van der Waals surface area contributed by atoms with Gasteiger partial charge in [0.25, 0.3) is 5.69 Å². The maximum absolute atomic E-state index is 13.9. The fourth-order valence-corrected chi connectivity index (χ4v) is 3.47. The van der Waals surface area contributed by atoms with Crippen LogP contribution < -0.4 is 5.32 Å². The van der Waals surface area contributed by atoms with E-state index >= 15 is 0 Å². The zero-order valence-electron chi connectivity index (χ0n) is 12.1. The predicted octanol–water partition coefficient (Wildman–Crippen LogP) is 4.36. The number of nitrogens with zero attached hydrogens (tertiary/aromatic N) is 1. The Balaban J connectivity index is 2.24. The molecule has 1 aliphatic carbocycles. The van der Waals surface area contributed by atoms with Gasteiger partial charge in [-0.25, -0.2) is 4.39 Å². The number of nitro benzene ring substituents is 1. The average Bonchev–Trinajstić information content (AvgIpc) is 2.28. The number of rotatable bonds is 3. The fraction of sp³-hybridized carbons (Fsp3) is 0.600. The molecule has 1 fully saturated rings. The van der Waals surface area contributed by atoms with Crippen LogP contribution in [0.3, 0.4) is 0 Å². The lowest BCUT2D eigenvalue weighted by molar-refractivity contribution is -0.384. The third-order valence-electron chi connectivity index (χ3n) is 3.92. The molecule has 0 heterocycles. The molecule has 0 radical (unpaired) electrons. The molecule has 2 atom stereocenters. The van der Waals surface area contributed by atoms with Gasteiger partial charge in [-0.05, 0) is 36.7 Å². The second kappa shape index (κ2) is 5.38. The number of anilines is 1. The highest BCUT2D eigenvalue weighted by Crippen LogP contribution is 2.40. The van der Waals surface area contributed by atoms with Crippen LogP contribution in [-0.2, 0) is 0 Å². The molecule has 0 aromatic heterocycles. The Kier molecular flexibility index (Phi) is 3.97. The zero-order valence-corrected chi connectivity index (χ0v) is 12.1. The number of nitrogens with one attached hydrogen (secondary N) is 1. The third kappa shape index (κ3) is 3.26. The van der Waals surface area contributed by atoms with E-state index in [1.807, 2.05) is 0 Å². The normalized spacial score (nSPS) is 25.2. The van der Waals surface area contributed by atoms with Gasteiger partial charge in [-0.15, -0.1) is 0 Å². The Bertz CT molecular complexity index is 517. The Morgan fingerprint density at radius 2 is 2.10 bits per heavy atom. The smallest absolute Gasteiger partial charge is 0.295 e. The maximum atomic E-state index is 13.9.